The first kappa shape index (κ1) is 14.2. The van der Waals surface area contributed by atoms with E-state index in [2.05, 4.69) is 38.6 Å². The van der Waals surface area contributed by atoms with Crippen LogP contribution in [0.15, 0.2) is 30.9 Å². The molecule has 3 heterocycles. The summed E-state index contributed by atoms with van der Waals surface area (Å²) in [6.45, 7) is 6.41. The number of hydrogen-bond acceptors (Lipinski definition) is 4. The van der Waals surface area contributed by atoms with Crippen LogP contribution in [-0.4, -0.2) is 39.2 Å². The van der Waals surface area contributed by atoms with Gasteiger partial charge in [0.2, 0.25) is 0 Å². The van der Waals surface area contributed by atoms with E-state index in [4.69, 9.17) is 4.74 Å². The number of nitrogens with zero attached hydrogens (tertiary/aromatic N) is 4. The van der Waals surface area contributed by atoms with Crippen molar-refractivity contribution in [2.45, 2.75) is 25.9 Å². The molecule has 2 aromatic rings. The number of aromatic nitrogens is 3. The van der Waals surface area contributed by atoms with Gasteiger partial charge in [0, 0.05) is 57.3 Å². The highest BCUT2D eigenvalue weighted by Crippen LogP contribution is 2.28. The van der Waals surface area contributed by atoms with Crippen LogP contribution in [0, 0.1) is 0 Å². The van der Waals surface area contributed by atoms with Crippen LogP contribution in [0.25, 0.3) is 0 Å². The standard InChI is InChI=1S/C16H22N4O/c1-3-21-11-14-9-20(8-13-4-6-17-7-5-13)10-15-16(14)19(2)12-18-15/h4-7,12,14H,3,8-11H2,1-2H3. The van der Waals surface area contributed by atoms with Gasteiger partial charge in [0.05, 0.1) is 18.6 Å². The molecule has 1 unspecified atom stereocenters. The number of rotatable bonds is 5. The average Bonchev–Trinajstić information content (AvgIpc) is 2.87. The predicted octanol–water partition coefficient (Wildman–Crippen LogP) is 1.95. The number of aryl methyl sites for hydroxylation is 1. The first-order valence-corrected chi connectivity index (χ1v) is 7.47. The maximum absolute atomic E-state index is 5.67. The molecule has 0 aliphatic carbocycles. The Morgan fingerprint density at radius 3 is 2.90 bits per heavy atom. The molecule has 0 spiro atoms. The first-order valence-electron chi connectivity index (χ1n) is 7.47. The van der Waals surface area contributed by atoms with Crippen molar-refractivity contribution in [1.82, 2.24) is 19.4 Å². The Kier molecular flexibility index (Phi) is 4.31. The molecule has 1 aliphatic heterocycles. The molecule has 1 atom stereocenters. The van der Waals surface area contributed by atoms with Crippen LogP contribution >= 0.6 is 0 Å². The minimum atomic E-state index is 0.392. The van der Waals surface area contributed by atoms with E-state index < -0.39 is 0 Å². The largest absolute Gasteiger partial charge is 0.381 e. The lowest BCUT2D eigenvalue weighted by Crippen LogP contribution is -2.36. The summed E-state index contributed by atoms with van der Waals surface area (Å²) in [6, 6.07) is 4.15. The summed E-state index contributed by atoms with van der Waals surface area (Å²) in [6.07, 6.45) is 5.62. The molecule has 0 saturated carbocycles. The molecule has 0 saturated heterocycles. The second kappa shape index (κ2) is 6.37. The number of imidazole rings is 1. The summed E-state index contributed by atoms with van der Waals surface area (Å²) < 4.78 is 7.82. The normalized spacial score (nSPS) is 18.7. The highest BCUT2D eigenvalue weighted by atomic mass is 16.5. The smallest absolute Gasteiger partial charge is 0.0949 e. The van der Waals surface area contributed by atoms with Crippen molar-refractivity contribution in [3.63, 3.8) is 0 Å². The maximum Gasteiger partial charge on any atom is 0.0949 e. The predicted molar refractivity (Wildman–Crippen MR) is 80.8 cm³/mol. The zero-order chi connectivity index (χ0) is 14.7. The Morgan fingerprint density at radius 1 is 1.33 bits per heavy atom. The highest BCUT2D eigenvalue weighted by Gasteiger charge is 2.28. The Hall–Kier alpha value is -1.72. The molecule has 0 amide bonds. The molecule has 112 valence electrons. The number of ether oxygens (including phenoxy) is 1. The molecule has 3 rings (SSSR count). The van der Waals surface area contributed by atoms with Crippen LogP contribution in [0.5, 0.6) is 0 Å². The number of fused-ring (bicyclic) bond motifs is 1. The van der Waals surface area contributed by atoms with Gasteiger partial charge in [0.1, 0.15) is 0 Å². The Balaban J connectivity index is 1.77. The molecule has 5 nitrogen and oxygen atoms in total. The fourth-order valence-electron chi connectivity index (χ4n) is 3.07. The highest BCUT2D eigenvalue weighted by molar-refractivity contribution is 5.22. The van der Waals surface area contributed by atoms with E-state index >= 15 is 0 Å². The summed E-state index contributed by atoms with van der Waals surface area (Å²) in [5, 5.41) is 0. The minimum absolute atomic E-state index is 0.392. The summed E-state index contributed by atoms with van der Waals surface area (Å²) in [5.74, 6) is 0.392. The van der Waals surface area contributed by atoms with Gasteiger partial charge in [0.15, 0.2) is 0 Å². The molecule has 5 heteroatoms. The van der Waals surface area contributed by atoms with Crippen LogP contribution in [0.2, 0.25) is 0 Å². The lowest BCUT2D eigenvalue weighted by Gasteiger charge is -2.32. The van der Waals surface area contributed by atoms with Gasteiger partial charge in [-0.15, -0.1) is 0 Å². The van der Waals surface area contributed by atoms with Crippen molar-refractivity contribution in [3.8, 4) is 0 Å². The summed E-state index contributed by atoms with van der Waals surface area (Å²) in [5.41, 5.74) is 3.80. The van der Waals surface area contributed by atoms with Crippen LogP contribution in [0.3, 0.4) is 0 Å². The molecule has 0 aromatic carbocycles. The number of pyridine rings is 1. The molecular formula is C16H22N4O. The Bertz CT molecular complexity index is 581. The third kappa shape index (κ3) is 3.14. The van der Waals surface area contributed by atoms with Crippen molar-refractivity contribution >= 4 is 0 Å². The van der Waals surface area contributed by atoms with Gasteiger partial charge in [-0.3, -0.25) is 9.88 Å². The molecule has 0 fully saturated rings. The topological polar surface area (TPSA) is 43.2 Å². The van der Waals surface area contributed by atoms with Crippen LogP contribution in [0.4, 0.5) is 0 Å². The number of hydrogen-bond donors (Lipinski definition) is 0. The summed E-state index contributed by atoms with van der Waals surface area (Å²) >= 11 is 0. The quantitative estimate of drug-likeness (QED) is 0.842. The van der Waals surface area contributed by atoms with Gasteiger partial charge in [-0.1, -0.05) is 0 Å². The van der Waals surface area contributed by atoms with E-state index in [1.807, 2.05) is 25.6 Å². The second-order valence-corrected chi connectivity index (χ2v) is 5.57. The zero-order valence-electron chi connectivity index (χ0n) is 12.7. The third-order valence-electron chi connectivity index (χ3n) is 3.98. The SMILES string of the molecule is CCOCC1CN(Cc2ccncc2)Cc2ncn(C)c21. The average molecular weight is 286 g/mol. The van der Waals surface area contributed by atoms with E-state index in [0.717, 1.165) is 32.8 Å². The van der Waals surface area contributed by atoms with E-state index in [1.54, 1.807) is 0 Å². The van der Waals surface area contributed by atoms with Gasteiger partial charge in [0.25, 0.3) is 0 Å². The lowest BCUT2D eigenvalue weighted by molar-refractivity contribution is 0.102. The Morgan fingerprint density at radius 2 is 2.14 bits per heavy atom. The maximum atomic E-state index is 5.67. The first-order chi connectivity index (χ1) is 10.3. The fourth-order valence-corrected chi connectivity index (χ4v) is 3.07. The molecule has 0 N–H and O–H groups in total. The van der Waals surface area contributed by atoms with Crippen molar-refractivity contribution < 1.29 is 4.74 Å². The fraction of sp³-hybridized carbons (Fsp3) is 0.500. The van der Waals surface area contributed by atoms with Gasteiger partial charge in [-0.25, -0.2) is 4.98 Å². The zero-order valence-corrected chi connectivity index (χ0v) is 12.7. The van der Waals surface area contributed by atoms with Crippen LogP contribution in [0.1, 0.15) is 29.8 Å². The molecule has 21 heavy (non-hydrogen) atoms. The monoisotopic (exact) mass is 286 g/mol. The summed E-state index contributed by atoms with van der Waals surface area (Å²) in [7, 11) is 2.07. The van der Waals surface area contributed by atoms with Gasteiger partial charge < -0.3 is 9.30 Å². The van der Waals surface area contributed by atoms with Crippen LogP contribution in [-0.2, 0) is 24.9 Å². The van der Waals surface area contributed by atoms with E-state index in [9.17, 15) is 0 Å². The molecule has 0 bridgehead atoms. The molecular weight excluding hydrogens is 264 g/mol. The van der Waals surface area contributed by atoms with Gasteiger partial charge >= 0.3 is 0 Å². The van der Waals surface area contributed by atoms with E-state index in [-0.39, 0.29) is 0 Å². The Labute approximate surface area is 125 Å². The van der Waals surface area contributed by atoms with Crippen molar-refractivity contribution in [1.29, 1.82) is 0 Å². The second-order valence-electron chi connectivity index (χ2n) is 5.57. The van der Waals surface area contributed by atoms with Gasteiger partial charge in [-0.05, 0) is 24.6 Å². The van der Waals surface area contributed by atoms with E-state index in [0.29, 0.717) is 5.92 Å². The lowest BCUT2D eigenvalue weighted by atomic mass is 9.98. The van der Waals surface area contributed by atoms with Crippen LogP contribution < -0.4 is 0 Å². The third-order valence-corrected chi connectivity index (χ3v) is 3.98. The van der Waals surface area contributed by atoms with E-state index in [1.165, 1.54) is 17.0 Å². The molecule has 0 radical (unpaired) electrons. The van der Waals surface area contributed by atoms with Gasteiger partial charge in [-0.2, -0.15) is 0 Å². The molecule has 1 aliphatic rings. The van der Waals surface area contributed by atoms with Crippen molar-refractivity contribution in [3.05, 3.63) is 47.8 Å². The summed E-state index contributed by atoms with van der Waals surface area (Å²) in [4.78, 5) is 11.1. The minimum Gasteiger partial charge on any atom is -0.381 e. The van der Waals surface area contributed by atoms with Crippen molar-refractivity contribution in [2.75, 3.05) is 19.8 Å². The molecule has 2 aromatic heterocycles. The van der Waals surface area contributed by atoms with Crippen molar-refractivity contribution in [2.24, 2.45) is 7.05 Å².